The van der Waals surface area contributed by atoms with E-state index in [1.165, 1.54) is 0 Å². The van der Waals surface area contributed by atoms with Gasteiger partial charge >= 0.3 is 12.3 Å². The predicted molar refractivity (Wildman–Crippen MR) is 66.8 cm³/mol. The van der Waals surface area contributed by atoms with Crippen molar-refractivity contribution in [2.45, 2.75) is 25.3 Å². The lowest BCUT2D eigenvalue weighted by atomic mass is 10.2. The third kappa shape index (κ3) is 4.52. The number of alkyl halides is 3. The lowest BCUT2D eigenvalue weighted by molar-refractivity contribution is -0.274. The van der Waals surface area contributed by atoms with E-state index in [0.29, 0.717) is 6.61 Å². The summed E-state index contributed by atoms with van der Waals surface area (Å²) in [5.41, 5.74) is 5.19. The summed E-state index contributed by atoms with van der Waals surface area (Å²) in [5, 5.41) is 0. The molecular formula is C13H14F3NO4. The van der Waals surface area contributed by atoms with Crippen LogP contribution in [0.5, 0.6) is 5.75 Å². The number of rotatable bonds is 4. The van der Waals surface area contributed by atoms with Crippen LogP contribution in [0, 0.1) is 0 Å². The number of hydrogen-bond donors (Lipinski definition) is 1. The van der Waals surface area contributed by atoms with E-state index in [0.717, 1.165) is 31.0 Å². The molecule has 21 heavy (non-hydrogen) atoms. The number of anilines is 1. The Bertz CT molecular complexity index is 513. The second kappa shape index (κ2) is 6.21. The van der Waals surface area contributed by atoms with Crippen LogP contribution in [0.25, 0.3) is 0 Å². The molecule has 0 radical (unpaired) electrons. The first-order chi connectivity index (χ1) is 9.85. The number of nitrogen functional groups attached to an aromatic ring is 1. The maximum atomic E-state index is 12.1. The minimum absolute atomic E-state index is 0.0556. The van der Waals surface area contributed by atoms with Crippen LogP contribution in [0.2, 0.25) is 0 Å². The third-order valence-electron chi connectivity index (χ3n) is 2.90. The highest BCUT2D eigenvalue weighted by Crippen LogP contribution is 2.29. The molecule has 1 heterocycles. The normalized spacial score (nSPS) is 18.5. The van der Waals surface area contributed by atoms with E-state index in [1.54, 1.807) is 0 Å². The Labute approximate surface area is 118 Å². The molecule has 1 atom stereocenters. The summed E-state index contributed by atoms with van der Waals surface area (Å²) in [6, 6.07) is 3.22. The molecule has 1 aliphatic heterocycles. The van der Waals surface area contributed by atoms with E-state index in [9.17, 15) is 18.0 Å². The molecule has 1 aliphatic rings. The van der Waals surface area contributed by atoms with Gasteiger partial charge in [-0.15, -0.1) is 13.2 Å². The summed E-state index contributed by atoms with van der Waals surface area (Å²) < 4.78 is 50.3. The maximum absolute atomic E-state index is 12.1. The number of carbonyl (C=O) groups excluding carboxylic acids is 1. The van der Waals surface area contributed by atoms with Crippen LogP contribution >= 0.6 is 0 Å². The van der Waals surface area contributed by atoms with Crippen molar-refractivity contribution in [2.75, 3.05) is 18.9 Å². The molecule has 5 nitrogen and oxygen atoms in total. The van der Waals surface area contributed by atoms with Gasteiger partial charge in [-0.05, 0) is 31.0 Å². The van der Waals surface area contributed by atoms with Gasteiger partial charge in [-0.3, -0.25) is 0 Å². The Morgan fingerprint density at radius 3 is 2.76 bits per heavy atom. The van der Waals surface area contributed by atoms with Crippen molar-refractivity contribution >= 4 is 11.7 Å². The van der Waals surface area contributed by atoms with Crippen molar-refractivity contribution in [3.63, 3.8) is 0 Å². The molecule has 0 aromatic heterocycles. The summed E-state index contributed by atoms with van der Waals surface area (Å²) in [6.07, 6.45) is -3.23. The van der Waals surface area contributed by atoms with Gasteiger partial charge in [-0.25, -0.2) is 4.79 Å². The monoisotopic (exact) mass is 305 g/mol. The minimum atomic E-state index is -4.84. The van der Waals surface area contributed by atoms with E-state index in [1.807, 2.05) is 0 Å². The molecule has 1 unspecified atom stereocenters. The molecule has 116 valence electrons. The number of nitrogens with two attached hydrogens (primary N) is 1. The molecule has 0 bridgehead atoms. The summed E-state index contributed by atoms with van der Waals surface area (Å²) >= 11 is 0. The fraction of sp³-hybridized carbons (Fsp3) is 0.462. The Morgan fingerprint density at radius 2 is 2.19 bits per heavy atom. The molecule has 0 amide bonds. The van der Waals surface area contributed by atoms with Gasteiger partial charge in [0.15, 0.2) is 5.75 Å². The standard InChI is InChI=1S/C13H14F3NO4/c14-13(15,16)21-11-4-3-8(6-10(11)17)12(18)20-7-9-2-1-5-19-9/h3-4,6,9H,1-2,5,7,17H2. The molecule has 2 N–H and O–H groups in total. The first-order valence-electron chi connectivity index (χ1n) is 6.29. The smallest absolute Gasteiger partial charge is 0.459 e. The van der Waals surface area contributed by atoms with Gasteiger partial charge in [-0.1, -0.05) is 0 Å². The summed E-state index contributed by atoms with van der Waals surface area (Å²) in [7, 11) is 0. The molecule has 1 aromatic rings. The van der Waals surface area contributed by atoms with Crippen LogP contribution in [-0.4, -0.2) is 31.6 Å². The fourth-order valence-corrected chi connectivity index (χ4v) is 1.92. The molecule has 2 rings (SSSR count). The lowest BCUT2D eigenvalue weighted by Crippen LogP contribution is -2.19. The highest BCUT2D eigenvalue weighted by molar-refractivity contribution is 5.91. The SMILES string of the molecule is Nc1cc(C(=O)OCC2CCCO2)ccc1OC(F)(F)F. The molecule has 1 fully saturated rings. The van der Waals surface area contributed by atoms with Gasteiger partial charge < -0.3 is 19.9 Å². The largest absolute Gasteiger partial charge is 0.573 e. The van der Waals surface area contributed by atoms with Crippen LogP contribution in [0.4, 0.5) is 18.9 Å². The number of esters is 1. The van der Waals surface area contributed by atoms with Crippen LogP contribution in [0.1, 0.15) is 23.2 Å². The molecule has 8 heteroatoms. The molecule has 1 aromatic carbocycles. The third-order valence-corrected chi connectivity index (χ3v) is 2.90. The molecular weight excluding hydrogens is 291 g/mol. The Kier molecular flexibility index (Phi) is 4.56. The van der Waals surface area contributed by atoms with Gasteiger partial charge in [0.25, 0.3) is 0 Å². The average molecular weight is 305 g/mol. The highest BCUT2D eigenvalue weighted by atomic mass is 19.4. The minimum Gasteiger partial charge on any atom is -0.459 e. The van der Waals surface area contributed by atoms with Gasteiger partial charge in [-0.2, -0.15) is 0 Å². The summed E-state index contributed by atoms with van der Waals surface area (Å²) in [5.74, 6) is -1.23. The fourth-order valence-electron chi connectivity index (χ4n) is 1.92. The average Bonchev–Trinajstić information content (AvgIpc) is 2.90. The van der Waals surface area contributed by atoms with Crippen LogP contribution in [0.3, 0.4) is 0 Å². The van der Waals surface area contributed by atoms with Crippen LogP contribution < -0.4 is 10.5 Å². The van der Waals surface area contributed by atoms with Gasteiger partial charge in [0.1, 0.15) is 6.61 Å². The number of carbonyl (C=O) groups is 1. The van der Waals surface area contributed by atoms with Gasteiger partial charge in [0.2, 0.25) is 0 Å². The van der Waals surface area contributed by atoms with Crippen molar-refractivity contribution in [3.8, 4) is 5.75 Å². The van der Waals surface area contributed by atoms with Crippen molar-refractivity contribution in [3.05, 3.63) is 23.8 Å². The Morgan fingerprint density at radius 1 is 1.43 bits per heavy atom. The van der Waals surface area contributed by atoms with Crippen LogP contribution in [0.15, 0.2) is 18.2 Å². The first kappa shape index (κ1) is 15.4. The molecule has 0 saturated carbocycles. The van der Waals surface area contributed by atoms with E-state index < -0.39 is 18.1 Å². The zero-order valence-corrected chi connectivity index (χ0v) is 11.0. The number of benzene rings is 1. The second-order valence-electron chi connectivity index (χ2n) is 4.53. The Hall–Kier alpha value is -1.96. The summed E-state index contributed by atoms with van der Waals surface area (Å²) in [6.45, 7) is 0.748. The van der Waals surface area contributed by atoms with Crippen molar-refractivity contribution < 1.29 is 32.2 Å². The van der Waals surface area contributed by atoms with E-state index in [4.69, 9.17) is 15.2 Å². The zero-order chi connectivity index (χ0) is 15.5. The molecule has 0 aliphatic carbocycles. The highest BCUT2D eigenvalue weighted by Gasteiger charge is 2.32. The van der Waals surface area contributed by atoms with E-state index in [-0.39, 0.29) is 24.0 Å². The maximum Gasteiger partial charge on any atom is 0.573 e. The number of halogens is 3. The van der Waals surface area contributed by atoms with Crippen LogP contribution in [-0.2, 0) is 9.47 Å². The van der Waals surface area contributed by atoms with Crippen molar-refractivity contribution in [1.82, 2.24) is 0 Å². The topological polar surface area (TPSA) is 70.8 Å². The van der Waals surface area contributed by atoms with Gasteiger partial charge in [0, 0.05) is 6.61 Å². The number of ether oxygens (including phenoxy) is 3. The van der Waals surface area contributed by atoms with E-state index in [2.05, 4.69) is 4.74 Å². The molecule has 1 saturated heterocycles. The van der Waals surface area contributed by atoms with Gasteiger partial charge in [0.05, 0.1) is 17.4 Å². The second-order valence-corrected chi connectivity index (χ2v) is 4.53. The first-order valence-corrected chi connectivity index (χ1v) is 6.29. The van der Waals surface area contributed by atoms with Crippen molar-refractivity contribution in [2.24, 2.45) is 0 Å². The zero-order valence-electron chi connectivity index (χ0n) is 11.0. The molecule has 0 spiro atoms. The summed E-state index contributed by atoms with van der Waals surface area (Å²) in [4.78, 5) is 11.8. The number of hydrogen-bond acceptors (Lipinski definition) is 5. The van der Waals surface area contributed by atoms with E-state index >= 15 is 0 Å². The Balaban J connectivity index is 1.96. The predicted octanol–water partition coefficient (Wildman–Crippen LogP) is 2.50. The van der Waals surface area contributed by atoms with Crippen molar-refractivity contribution in [1.29, 1.82) is 0 Å². The lowest BCUT2D eigenvalue weighted by Gasteiger charge is -2.13. The quantitative estimate of drug-likeness (QED) is 0.683.